The number of nitrogens with two attached hydrogens (primary N) is 1. The Morgan fingerprint density at radius 1 is 1.29 bits per heavy atom. The first-order chi connectivity index (χ1) is 8.04. The maximum atomic E-state index is 11.9. The van der Waals surface area contributed by atoms with Crippen LogP contribution in [0.25, 0.3) is 0 Å². The van der Waals surface area contributed by atoms with Crippen molar-refractivity contribution >= 4 is 15.7 Å². The summed E-state index contributed by atoms with van der Waals surface area (Å²) in [6.07, 6.45) is 3.32. The molecule has 5 heteroatoms. The van der Waals surface area contributed by atoms with Crippen LogP contribution in [0, 0.1) is 0 Å². The van der Waals surface area contributed by atoms with E-state index in [4.69, 9.17) is 5.73 Å². The van der Waals surface area contributed by atoms with Gasteiger partial charge in [0.15, 0.2) is 0 Å². The standard InChI is InChI=1S/C12H18N2O2S/c1-14(17(15,16)8-7-13)12-6-5-10-3-2-4-11(10)9-12/h5-6,9H,2-4,7-8,13H2,1H3. The lowest BCUT2D eigenvalue weighted by Crippen LogP contribution is -2.32. The first kappa shape index (κ1) is 12.4. The summed E-state index contributed by atoms with van der Waals surface area (Å²) in [5.41, 5.74) is 8.67. The number of sulfonamides is 1. The van der Waals surface area contributed by atoms with Gasteiger partial charge >= 0.3 is 0 Å². The zero-order chi connectivity index (χ0) is 12.5. The number of benzene rings is 1. The highest BCUT2D eigenvalue weighted by atomic mass is 32.2. The summed E-state index contributed by atoms with van der Waals surface area (Å²) in [5.74, 6) is -0.0133. The average molecular weight is 254 g/mol. The van der Waals surface area contributed by atoms with Gasteiger partial charge in [-0.2, -0.15) is 0 Å². The summed E-state index contributed by atoms with van der Waals surface area (Å²) >= 11 is 0. The summed E-state index contributed by atoms with van der Waals surface area (Å²) in [7, 11) is -1.69. The van der Waals surface area contributed by atoms with E-state index in [1.165, 1.54) is 15.4 Å². The van der Waals surface area contributed by atoms with Gasteiger partial charge in [-0.05, 0) is 42.5 Å². The Morgan fingerprint density at radius 3 is 2.71 bits per heavy atom. The van der Waals surface area contributed by atoms with Gasteiger partial charge in [0.1, 0.15) is 0 Å². The predicted molar refractivity (Wildman–Crippen MR) is 69.7 cm³/mol. The summed E-state index contributed by atoms with van der Waals surface area (Å²) in [4.78, 5) is 0. The Hall–Kier alpha value is -1.07. The summed E-state index contributed by atoms with van der Waals surface area (Å²) in [5, 5.41) is 0. The first-order valence-corrected chi connectivity index (χ1v) is 7.44. The number of nitrogens with zero attached hydrogens (tertiary/aromatic N) is 1. The van der Waals surface area contributed by atoms with Crippen LogP contribution in [0.3, 0.4) is 0 Å². The van der Waals surface area contributed by atoms with Gasteiger partial charge in [-0.1, -0.05) is 6.07 Å². The lowest BCUT2D eigenvalue weighted by Gasteiger charge is -2.19. The lowest BCUT2D eigenvalue weighted by atomic mass is 10.1. The second kappa shape index (κ2) is 4.66. The summed E-state index contributed by atoms with van der Waals surface area (Å²) < 4.78 is 25.1. The molecule has 0 unspecified atom stereocenters. The van der Waals surface area contributed by atoms with Gasteiger partial charge < -0.3 is 5.73 Å². The van der Waals surface area contributed by atoms with Gasteiger partial charge in [0, 0.05) is 13.6 Å². The van der Waals surface area contributed by atoms with Crippen molar-refractivity contribution in [1.82, 2.24) is 0 Å². The SMILES string of the molecule is CN(c1ccc2c(c1)CCC2)S(=O)(=O)CCN. The van der Waals surface area contributed by atoms with Crippen molar-refractivity contribution in [3.63, 3.8) is 0 Å². The van der Waals surface area contributed by atoms with Crippen molar-refractivity contribution in [2.45, 2.75) is 19.3 Å². The van der Waals surface area contributed by atoms with Gasteiger partial charge in [0.05, 0.1) is 11.4 Å². The second-order valence-electron chi connectivity index (χ2n) is 4.38. The number of anilines is 1. The minimum atomic E-state index is -3.27. The zero-order valence-electron chi connectivity index (χ0n) is 10.0. The van der Waals surface area contributed by atoms with E-state index in [1.54, 1.807) is 7.05 Å². The molecule has 4 nitrogen and oxygen atoms in total. The third kappa shape index (κ3) is 2.45. The van der Waals surface area contributed by atoms with Crippen LogP contribution in [0.5, 0.6) is 0 Å². The van der Waals surface area contributed by atoms with Gasteiger partial charge in [-0.3, -0.25) is 4.31 Å². The molecule has 0 saturated heterocycles. The van der Waals surface area contributed by atoms with Crippen LogP contribution in [0.1, 0.15) is 17.5 Å². The number of hydrogen-bond donors (Lipinski definition) is 1. The maximum absolute atomic E-state index is 11.9. The van der Waals surface area contributed by atoms with Crippen molar-refractivity contribution in [2.75, 3.05) is 23.7 Å². The van der Waals surface area contributed by atoms with E-state index in [2.05, 4.69) is 0 Å². The molecule has 0 atom stereocenters. The Labute approximate surface area is 102 Å². The van der Waals surface area contributed by atoms with Crippen LogP contribution in [0.15, 0.2) is 18.2 Å². The van der Waals surface area contributed by atoms with Crippen LogP contribution in [0.2, 0.25) is 0 Å². The molecule has 0 bridgehead atoms. The van der Waals surface area contributed by atoms with E-state index in [0.717, 1.165) is 24.9 Å². The molecule has 1 aromatic carbocycles. The van der Waals surface area contributed by atoms with Crippen molar-refractivity contribution in [3.8, 4) is 0 Å². The highest BCUT2D eigenvalue weighted by Gasteiger charge is 2.19. The highest BCUT2D eigenvalue weighted by molar-refractivity contribution is 7.92. The first-order valence-electron chi connectivity index (χ1n) is 5.83. The lowest BCUT2D eigenvalue weighted by molar-refractivity contribution is 0.594. The van der Waals surface area contributed by atoms with Crippen molar-refractivity contribution < 1.29 is 8.42 Å². The van der Waals surface area contributed by atoms with Crippen LogP contribution < -0.4 is 10.0 Å². The molecule has 2 rings (SSSR count). The number of aryl methyl sites for hydroxylation is 2. The fourth-order valence-corrected chi connectivity index (χ4v) is 3.21. The Kier molecular flexibility index (Phi) is 3.40. The maximum Gasteiger partial charge on any atom is 0.236 e. The Morgan fingerprint density at radius 2 is 2.00 bits per heavy atom. The number of rotatable bonds is 4. The van der Waals surface area contributed by atoms with Gasteiger partial charge in [0.2, 0.25) is 10.0 Å². The van der Waals surface area contributed by atoms with Crippen molar-refractivity contribution in [2.24, 2.45) is 5.73 Å². The molecule has 0 aliphatic heterocycles. The molecule has 0 aromatic heterocycles. The van der Waals surface area contributed by atoms with Crippen LogP contribution in [-0.2, 0) is 22.9 Å². The molecule has 0 spiro atoms. The van der Waals surface area contributed by atoms with E-state index in [9.17, 15) is 8.42 Å². The normalized spacial score (nSPS) is 14.7. The van der Waals surface area contributed by atoms with Crippen LogP contribution in [-0.4, -0.2) is 27.8 Å². The van der Waals surface area contributed by atoms with Crippen molar-refractivity contribution in [1.29, 1.82) is 0 Å². The third-order valence-electron chi connectivity index (χ3n) is 3.24. The highest BCUT2D eigenvalue weighted by Crippen LogP contribution is 2.27. The quantitative estimate of drug-likeness (QED) is 0.868. The third-order valence-corrected chi connectivity index (χ3v) is 5.04. The minimum Gasteiger partial charge on any atom is -0.329 e. The molecule has 1 aliphatic carbocycles. The van der Waals surface area contributed by atoms with E-state index in [1.807, 2.05) is 18.2 Å². The smallest absolute Gasteiger partial charge is 0.236 e. The summed E-state index contributed by atoms with van der Waals surface area (Å²) in [6, 6.07) is 5.89. The predicted octanol–water partition coefficient (Wildman–Crippen LogP) is 0.900. The second-order valence-corrected chi connectivity index (χ2v) is 6.50. The molecule has 0 fully saturated rings. The fraction of sp³-hybridized carbons (Fsp3) is 0.500. The van der Waals surface area contributed by atoms with Gasteiger partial charge in [-0.25, -0.2) is 8.42 Å². The molecule has 1 aromatic rings. The van der Waals surface area contributed by atoms with Crippen molar-refractivity contribution in [3.05, 3.63) is 29.3 Å². The minimum absolute atomic E-state index is 0.0133. The van der Waals surface area contributed by atoms with Gasteiger partial charge in [0.25, 0.3) is 0 Å². The monoisotopic (exact) mass is 254 g/mol. The molecule has 0 heterocycles. The van der Waals surface area contributed by atoms with E-state index < -0.39 is 10.0 Å². The average Bonchev–Trinajstić information content (AvgIpc) is 2.74. The number of fused-ring (bicyclic) bond motifs is 1. The molecule has 17 heavy (non-hydrogen) atoms. The fourth-order valence-electron chi connectivity index (χ4n) is 2.20. The molecule has 1 aliphatic rings. The molecule has 0 saturated carbocycles. The van der Waals surface area contributed by atoms with Crippen LogP contribution >= 0.6 is 0 Å². The molecule has 0 amide bonds. The molecule has 0 radical (unpaired) electrons. The zero-order valence-corrected chi connectivity index (χ0v) is 10.8. The van der Waals surface area contributed by atoms with Crippen LogP contribution in [0.4, 0.5) is 5.69 Å². The Balaban J connectivity index is 2.29. The molecule has 94 valence electrons. The van der Waals surface area contributed by atoms with E-state index >= 15 is 0 Å². The molecule has 2 N–H and O–H groups in total. The Bertz CT molecular complexity index is 511. The summed E-state index contributed by atoms with van der Waals surface area (Å²) in [6.45, 7) is 0.150. The van der Waals surface area contributed by atoms with Gasteiger partial charge in [-0.15, -0.1) is 0 Å². The largest absolute Gasteiger partial charge is 0.329 e. The topological polar surface area (TPSA) is 63.4 Å². The molecular formula is C12H18N2O2S. The molecular weight excluding hydrogens is 236 g/mol. The van der Waals surface area contributed by atoms with E-state index in [-0.39, 0.29) is 12.3 Å². The van der Waals surface area contributed by atoms with E-state index in [0.29, 0.717) is 0 Å². The number of hydrogen-bond acceptors (Lipinski definition) is 3.